The summed E-state index contributed by atoms with van der Waals surface area (Å²) in [4.78, 5) is 2.17. The standard InChI is InChI=1S/C16H23N3/c1-12-5-8-15(13(2)9-12)19(4)11-16(3,10-17)18-14-6-7-14/h5,8-9,14,18H,6-7,11H2,1-4H3. The van der Waals surface area contributed by atoms with Gasteiger partial charge in [0.1, 0.15) is 5.54 Å². The molecule has 0 amide bonds. The van der Waals surface area contributed by atoms with Gasteiger partial charge in [-0.05, 0) is 45.2 Å². The van der Waals surface area contributed by atoms with Gasteiger partial charge < -0.3 is 4.90 Å². The van der Waals surface area contributed by atoms with Crippen LogP contribution < -0.4 is 10.2 Å². The van der Waals surface area contributed by atoms with Gasteiger partial charge in [0, 0.05) is 25.3 Å². The summed E-state index contributed by atoms with van der Waals surface area (Å²) in [5.41, 5.74) is 3.25. The molecule has 1 aliphatic carbocycles. The van der Waals surface area contributed by atoms with Gasteiger partial charge in [0.2, 0.25) is 0 Å². The van der Waals surface area contributed by atoms with E-state index in [0.29, 0.717) is 12.6 Å². The molecule has 0 aromatic heterocycles. The zero-order valence-corrected chi connectivity index (χ0v) is 12.3. The quantitative estimate of drug-likeness (QED) is 0.881. The Morgan fingerprint density at radius 3 is 2.63 bits per heavy atom. The van der Waals surface area contributed by atoms with Crippen molar-refractivity contribution in [2.45, 2.75) is 45.2 Å². The highest BCUT2D eigenvalue weighted by Crippen LogP contribution is 2.25. The minimum absolute atomic E-state index is 0.479. The van der Waals surface area contributed by atoms with Crippen molar-refractivity contribution in [1.29, 1.82) is 5.26 Å². The normalized spacial score (nSPS) is 17.6. The zero-order valence-electron chi connectivity index (χ0n) is 12.3. The van der Waals surface area contributed by atoms with Gasteiger partial charge in [-0.2, -0.15) is 5.26 Å². The van der Waals surface area contributed by atoms with E-state index in [-0.39, 0.29) is 0 Å². The monoisotopic (exact) mass is 257 g/mol. The summed E-state index contributed by atoms with van der Waals surface area (Å²) in [5.74, 6) is 0. The van der Waals surface area contributed by atoms with Gasteiger partial charge in [-0.25, -0.2) is 0 Å². The van der Waals surface area contributed by atoms with Crippen LogP contribution in [0.3, 0.4) is 0 Å². The Morgan fingerprint density at radius 2 is 2.11 bits per heavy atom. The largest absolute Gasteiger partial charge is 0.371 e. The number of hydrogen-bond acceptors (Lipinski definition) is 3. The van der Waals surface area contributed by atoms with Crippen LogP contribution in [0.25, 0.3) is 0 Å². The lowest BCUT2D eigenvalue weighted by molar-refractivity contribution is 0.445. The first kappa shape index (κ1) is 13.9. The highest BCUT2D eigenvalue weighted by Gasteiger charge is 2.33. The van der Waals surface area contributed by atoms with Crippen LogP contribution in [0.15, 0.2) is 18.2 Å². The minimum atomic E-state index is -0.479. The molecule has 3 heteroatoms. The lowest BCUT2D eigenvalue weighted by Crippen LogP contribution is -2.50. The summed E-state index contributed by atoms with van der Waals surface area (Å²) in [5, 5.41) is 12.9. The zero-order chi connectivity index (χ0) is 14.0. The lowest BCUT2D eigenvalue weighted by Gasteiger charge is -2.31. The molecule has 0 bridgehead atoms. The highest BCUT2D eigenvalue weighted by molar-refractivity contribution is 5.54. The minimum Gasteiger partial charge on any atom is -0.371 e. The fraction of sp³-hybridized carbons (Fsp3) is 0.562. The van der Waals surface area contributed by atoms with E-state index in [9.17, 15) is 5.26 Å². The Morgan fingerprint density at radius 1 is 1.42 bits per heavy atom. The van der Waals surface area contributed by atoms with Crippen molar-refractivity contribution in [3.8, 4) is 6.07 Å². The summed E-state index contributed by atoms with van der Waals surface area (Å²) in [6, 6.07) is 9.41. The molecule has 0 heterocycles. The average molecular weight is 257 g/mol. The number of rotatable bonds is 5. The molecule has 2 rings (SSSR count). The second-order valence-electron chi connectivity index (χ2n) is 6.01. The Bertz CT molecular complexity index is 499. The summed E-state index contributed by atoms with van der Waals surface area (Å²) in [6.45, 7) is 6.91. The molecule has 1 fully saturated rings. The molecule has 1 atom stereocenters. The maximum atomic E-state index is 9.43. The van der Waals surface area contributed by atoms with E-state index in [1.165, 1.54) is 29.7 Å². The first-order valence-electron chi connectivity index (χ1n) is 6.91. The number of anilines is 1. The molecular weight excluding hydrogens is 234 g/mol. The van der Waals surface area contributed by atoms with Crippen LogP contribution in [-0.2, 0) is 0 Å². The summed E-state index contributed by atoms with van der Waals surface area (Å²) >= 11 is 0. The summed E-state index contributed by atoms with van der Waals surface area (Å²) in [6.07, 6.45) is 2.40. The van der Waals surface area contributed by atoms with Crippen LogP contribution in [-0.4, -0.2) is 25.2 Å². The molecule has 1 aliphatic rings. The fourth-order valence-corrected chi connectivity index (χ4v) is 2.58. The van der Waals surface area contributed by atoms with Crippen LogP contribution >= 0.6 is 0 Å². The molecule has 102 valence electrons. The van der Waals surface area contributed by atoms with Gasteiger partial charge in [-0.15, -0.1) is 0 Å². The Labute approximate surface area is 116 Å². The van der Waals surface area contributed by atoms with Crippen molar-refractivity contribution in [3.63, 3.8) is 0 Å². The van der Waals surface area contributed by atoms with Gasteiger partial charge in [0.05, 0.1) is 6.07 Å². The summed E-state index contributed by atoms with van der Waals surface area (Å²) in [7, 11) is 2.06. The smallest absolute Gasteiger partial charge is 0.121 e. The van der Waals surface area contributed by atoms with E-state index < -0.39 is 5.54 Å². The van der Waals surface area contributed by atoms with Crippen LogP contribution in [0, 0.1) is 25.2 Å². The van der Waals surface area contributed by atoms with Crippen LogP contribution in [0.5, 0.6) is 0 Å². The van der Waals surface area contributed by atoms with Gasteiger partial charge >= 0.3 is 0 Å². The maximum absolute atomic E-state index is 9.43. The maximum Gasteiger partial charge on any atom is 0.121 e. The van der Waals surface area contributed by atoms with E-state index in [1.807, 2.05) is 6.92 Å². The summed E-state index contributed by atoms with van der Waals surface area (Å²) < 4.78 is 0. The number of aryl methyl sites for hydroxylation is 2. The van der Waals surface area contributed by atoms with Crippen LogP contribution in [0.2, 0.25) is 0 Å². The number of likely N-dealkylation sites (N-methyl/N-ethyl adjacent to an activating group) is 1. The molecule has 1 unspecified atom stereocenters. The molecule has 0 saturated heterocycles. The first-order valence-corrected chi connectivity index (χ1v) is 6.91. The molecule has 1 aromatic carbocycles. The van der Waals surface area contributed by atoms with Gasteiger partial charge in [-0.1, -0.05) is 17.7 Å². The van der Waals surface area contributed by atoms with Crippen molar-refractivity contribution in [2.24, 2.45) is 0 Å². The molecule has 1 aromatic rings. The van der Waals surface area contributed by atoms with Crippen LogP contribution in [0.1, 0.15) is 30.9 Å². The predicted octanol–water partition coefficient (Wildman–Crippen LogP) is 2.77. The molecule has 19 heavy (non-hydrogen) atoms. The first-order chi connectivity index (χ1) is 8.93. The molecule has 0 aliphatic heterocycles. The predicted molar refractivity (Wildman–Crippen MR) is 79.4 cm³/mol. The molecule has 1 N–H and O–H groups in total. The van der Waals surface area contributed by atoms with E-state index in [2.05, 4.69) is 55.4 Å². The number of nitrogens with one attached hydrogen (secondary N) is 1. The fourth-order valence-electron chi connectivity index (χ4n) is 2.58. The van der Waals surface area contributed by atoms with E-state index in [0.717, 1.165) is 0 Å². The van der Waals surface area contributed by atoms with Crippen LogP contribution in [0.4, 0.5) is 5.69 Å². The molecule has 0 radical (unpaired) electrons. The third-order valence-electron chi connectivity index (χ3n) is 3.66. The second-order valence-corrected chi connectivity index (χ2v) is 6.01. The number of benzene rings is 1. The topological polar surface area (TPSA) is 39.1 Å². The number of nitriles is 1. The molecule has 0 spiro atoms. The van der Waals surface area contributed by atoms with Crippen molar-refractivity contribution < 1.29 is 0 Å². The Balaban J connectivity index is 2.10. The SMILES string of the molecule is Cc1ccc(N(C)CC(C)(C#N)NC2CC2)c(C)c1. The van der Waals surface area contributed by atoms with E-state index >= 15 is 0 Å². The van der Waals surface area contributed by atoms with Gasteiger partial charge in [0.15, 0.2) is 0 Å². The molecule has 3 nitrogen and oxygen atoms in total. The van der Waals surface area contributed by atoms with Crippen molar-refractivity contribution in [3.05, 3.63) is 29.3 Å². The van der Waals surface area contributed by atoms with Crippen molar-refractivity contribution in [1.82, 2.24) is 5.32 Å². The van der Waals surface area contributed by atoms with Crippen molar-refractivity contribution in [2.75, 3.05) is 18.5 Å². The number of nitrogens with zero attached hydrogens (tertiary/aromatic N) is 2. The average Bonchev–Trinajstić information content (AvgIpc) is 3.12. The van der Waals surface area contributed by atoms with Crippen molar-refractivity contribution >= 4 is 5.69 Å². The molecule has 1 saturated carbocycles. The Kier molecular flexibility index (Phi) is 3.82. The third-order valence-corrected chi connectivity index (χ3v) is 3.66. The van der Waals surface area contributed by atoms with E-state index in [4.69, 9.17) is 0 Å². The Hall–Kier alpha value is -1.53. The van der Waals surface area contributed by atoms with Gasteiger partial charge in [0.25, 0.3) is 0 Å². The van der Waals surface area contributed by atoms with Gasteiger partial charge in [-0.3, -0.25) is 5.32 Å². The third kappa shape index (κ3) is 3.48. The second kappa shape index (κ2) is 5.22. The molecular formula is C16H23N3. The lowest BCUT2D eigenvalue weighted by atomic mass is 10.0. The number of hydrogen-bond donors (Lipinski definition) is 1. The van der Waals surface area contributed by atoms with E-state index in [1.54, 1.807) is 0 Å². The highest BCUT2D eigenvalue weighted by atomic mass is 15.2.